The average Bonchev–Trinajstić information content (AvgIpc) is 3.24. The minimum atomic E-state index is -0.664. The Hall–Kier alpha value is -3.61. The standard InChI is InChI=1S/C26H29N3O4/c1-16-12-17(2)23(18(3)13-16)28-25(31)24(30)27-15-19-8-10-29(11-9-19)26(32)22-14-20-6-4-5-7-21(20)33-22/h4-7,12-14,19H,8-11,15H2,1-3H3,(H,27,30)(H,28,31). The van der Waals surface area contributed by atoms with Gasteiger partial charge in [0, 0.05) is 30.7 Å². The Kier molecular flexibility index (Phi) is 6.49. The molecule has 0 saturated carbocycles. The lowest BCUT2D eigenvalue weighted by molar-refractivity contribution is -0.136. The third-order valence-electron chi connectivity index (χ3n) is 6.21. The minimum absolute atomic E-state index is 0.114. The lowest BCUT2D eigenvalue weighted by atomic mass is 9.96. The van der Waals surface area contributed by atoms with Crippen LogP contribution in [0.15, 0.2) is 46.9 Å². The third-order valence-corrected chi connectivity index (χ3v) is 6.21. The Bertz CT molecular complexity index is 1150. The number of carbonyl (C=O) groups excluding carboxylic acids is 3. The molecule has 1 aliphatic heterocycles. The highest BCUT2D eigenvalue weighted by molar-refractivity contribution is 6.39. The van der Waals surface area contributed by atoms with Crippen molar-refractivity contribution in [3.8, 4) is 0 Å². The zero-order chi connectivity index (χ0) is 23.5. The van der Waals surface area contributed by atoms with Gasteiger partial charge in [0.25, 0.3) is 5.91 Å². The first-order valence-electron chi connectivity index (χ1n) is 11.3. The van der Waals surface area contributed by atoms with Gasteiger partial charge in [-0.2, -0.15) is 0 Å². The molecule has 1 aliphatic rings. The van der Waals surface area contributed by atoms with Gasteiger partial charge in [0.2, 0.25) is 0 Å². The zero-order valence-electron chi connectivity index (χ0n) is 19.2. The van der Waals surface area contributed by atoms with Crippen LogP contribution >= 0.6 is 0 Å². The molecule has 0 spiro atoms. The van der Waals surface area contributed by atoms with E-state index >= 15 is 0 Å². The van der Waals surface area contributed by atoms with Crippen LogP contribution in [0.3, 0.4) is 0 Å². The number of aryl methyl sites for hydroxylation is 3. The fourth-order valence-corrected chi connectivity index (χ4v) is 4.45. The molecule has 2 N–H and O–H groups in total. The van der Waals surface area contributed by atoms with Gasteiger partial charge in [-0.3, -0.25) is 14.4 Å². The summed E-state index contributed by atoms with van der Waals surface area (Å²) < 4.78 is 5.69. The number of fused-ring (bicyclic) bond motifs is 1. The number of amides is 3. The zero-order valence-corrected chi connectivity index (χ0v) is 19.2. The summed E-state index contributed by atoms with van der Waals surface area (Å²) in [5, 5.41) is 6.38. The van der Waals surface area contributed by atoms with Crippen molar-refractivity contribution in [2.45, 2.75) is 33.6 Å². The van der Waals surface area contributed by atoms with Crippen LogP contribution in [0.2, 0.25) is 0 Å². The highest BCUT2D eigenvalue weighted by Crippen LogP contribution is 2.24. The molecule has 0 atom stereocenters. The molecular weight excluding hydrogens is 418 g/mol. The summed E-state index contributed by atoms with van der Waals surface area (Å²) >= 11 is 0. The van der Waals surface area contributed by atoms with E-state index in [0.717, 1.165) is 34.9 Å². The first-order chi connectivity index (χ1) is 15.8. The molecule has 4 rings (SSSR count). The molecule has 1 aromatic heterocycles. The van der Waals surface area contributed by atoms with Gasteiger partial charge in [-0.05, 0) is 62.8 Å². The second-order valence-electron chi connectivity index (χ2n) is 8.82. The number of rotatable bonds is 4. The molecule has 33 heavy (non-hydrogen) atoms. The van der Waals surface area contributed by atoms with Gasteiger partial charge >= 0.3 is 11.8 Å². The molecule has 3 aromatic rings. The van der Waals surface area contributed by atoms with E-state index < -0.39 is 11.8 Å². The highest BCUT2D eigenvalue weighted by atomic mass is 16.3. The Morgan fingerprint density at radius 3 is 2.30 bits per heavy atom. The molecule has 0 unspecified atom stereocenters. The normalized spacial score (nSPS) is 14.3. The number of furan rings is 1. The molecule has 0 bridgehead atoms. The van der Waals surface area contributed by atoms with Crippen LogP contribution in [-0.4, -0.2) is 42.3 Å². The number of benzene rings is 2. The van der Waals surface area contributed by atoms with Crippen LogP contribution in [-0.2, 0) is 9.59 Å². The number of nitrogens with one attached hydrogen (secondary N) is 2. The van der Waals surface area contributed by atoms with Gasteiger partial charge in [-0.1, -0.05) is 35.9 Å². The SMILES string of the molecule is Cc1cc(C)c(NC(=O)C(=O)NCC2CCN(C(=O)c3cc4ccccc4o3)CC2)c(C)c1. The quantitative estimate of drug-likeness (QED) is 0.592. The second-order valence-corrected chi connectivity index (χ2v) is 8.82. The number of carbonyl (C=O) groups is 3. The van der Waals surface area contributed by atoms with Crippen LogP contribution in [0.1, 0.15) is 40.1 Å². The lowest BCUT2D eigenvalue weighted by Gasteiger charge is -2.31. The molecule has 3 amide bonds. The molecule has 172 valence electrons. The van der Waals surface area contributed by atoms with E-state index in [-0.39, 0.29) is 11.8 Å². The highest BCUT2D eigenvalue weighted by Gasteiger charge is 2.26. The van der Waals surface area contributed by atoms with Gasteiger partial charge in [0.1, 0.15) is 5.58 Å². The van der Waals surface area contributed by atoms with E-state index in [0.29, 0.717) is 36.7 Å². The fraction of sp³-hybridized carbons (Fsp3) is 0.346. The van der Waals surface area contributed by atoms with Gasteiger partial charge < -0.3 is 20.0 Å². The van der Waals surface area contributed by atoms with E-state index in [1.807, 2.05) is 57.2 Å². The molecule has 0 radical (unpaired) electrons. The summed E-state index contributed by atoms with van der Waals surface area (Å²) in [7, 11) is 0. The Labute approximate surface area is 193 Å². The molecule has 7 heteroatoms. The van der Waals surface area contributed by atoms with Crippen molar-refractivity contribution in [2.75, 3.05) is 25.0 Å². The Morgan fingerprint density at radius 1 is 0.970 bits per heavy atom. The summed E-state index contributed by atoms with van der Waals surface area (Å²) in [6, 6.07) is 13.3. The number of likely N-dealkylation sites (tertiary alicyclic amines) is 1. The molecule has 2 aromatic carbocycles. The number of anilines is 1. The number of hydrogen-bond donors (Lipinski definition) is 2. The summed E-state index contributed by atoms with van der Waals surface area (Å²) in [5.74, 6) is -0.861. The number of hydrogen-bond acceptors (Lipinski definition) is 4. The maximum atomic E-state index is 12.8. The van der Waals surface area contributed by atoms with Crippen molar-refractivity contribution in [3.63, 3.8) is 0 Å². The van der Waals surface area contributed by atoms with Gasteiger partial charge in [0.15, 0.2) is 5.76 Å². The predicted octanol–water partition coefficient (Wildman–Crippen LogP) is 3.97. The van der Waals surface area contributed by atoms with E-state index in [4.69, 9.17) is 4.42 Å². The third kappa shape index (κ3) is 5.08. The van der Waals surface area contributed by atoms with Crippen LogP contribution < -0.4 is 10.6 Å². The van der Waals surface area contributed by atoms with Crippen molar-refractivity contribution in [1.29, 1.82) is 0 Å². The lowest BCUT2D eigenvalue weighted by Crippen LogP contribution is -2.43. The number of para-hydroxylation sites is 1. The Balaban J connectivity index is 1.25. The van der Waals surface area contributed by atoms with E-state index in [1.54, 1.807) is 11.0 Å². The van der Waals surface area contributed by atoms with E-state index in [1.165, 1.54) is 0 Å². The average molecular weight is 448 g/mol. The smallest absolute Gasteiger partial charge is 0.313 e. The van der Waals surface area contributed by atoms with E-state index in [2.05, 4.69) is 10.6 Å². The van der Waals surface area contributed by atoms with Crippen molar-refractivity contribution < 1.29 is 18.8 Å². The van der Waals surface area contributed by atoms with E-state index in [9.17, 15) is 14.4 Å². The summed E-state index contributed by atoms with van der Waals surface area (Å²) in [4.78, 5) is 39.3. The van der Waals surface area contributed by atoms with Gasteiger partial charge in [-0.25, -0.2) is 0 Å². The van der Waals surface area contributed by atoms with Crippen LogP contribution in [0, 0.1) is 26.7 Å². The fourth-order valence-electron chi connectivity index (χ4n) is 4.45. The monoisotopic (exact) mass is 447 g/mol. The van der Waals surface area contributed by atoms with Crippen LogP contribution in [0.4, 0.5) is 5.69 Å². The first kappa shape index (κ1) is 22.6. The largest absolute Gasteiger partial charge is 0.451 e. The van der Waals surface area contributed by atoms with Crippen molar-refractivity contribution in [2.24, 2.45) is 5.92 Å². The maximum absolute atomic E-state index is 12.8. The molecule has 7 nitrogen and oxygen atoms in total. The summed E-state index contributed by atoms with van der Waals surface area (Å²) in [6.45, 7) is 7.40. The second kappa shape index (κ2) is 9.48. The molecule has 1 fully saturated rings. The minimum Gasteiger partial charge on any atom is -0.451 e. The van der Waals surface area contributed by atoms with Crippen LogP contribution in [0.25, 0.3) is 11.0 Å². The predicted molar refractivity (Wildman–Crippen MR) is 127 cm³/mol. The van der Waals surface area contributed by atoms with Gasteiger partial charge in [0.05, 0.1) is 0 Å². The number of nitrogens with zero attached hydrogens (tertiary/aromatic N) is 1. The van der Waals surface area contributed by atoms with Crippen molar-refractivity contribution >= 4 is 34.4 Å². The molecule has 0 aliphatic carbocycles. The Morgan fingerprint density at radius 2 is 1.64 bits per heavy atom. The van der Waals surface area contributed by atoms with Gasteiger partial charge in [-0.15, -0.1) is 0 Å². The topological polar surface area (TPSA) is 91.7 Å². The summed E-state index contributed by atoms with van der Waals surface area (Å²) in [5.41, 5.74) is 4.34. The summed E-state index contributed by atoms with van der Waals surface area (Å²) in [6.07, 6.45) is 1.51. The first-order valence-corrected chi connectivity index (χ1v) is 11.3. The molecule has 1 saturated heterocycles. The van der Waals surface area contributed by atoms with Crippen LogP contribution in [0.5, 0.6) is 0 Å². The number of piperidine rings is 1. The van der Waals surface area contributed by atoms with Crippen molar-refractivity contribution in [1.82, 2.24) is 10.2 Å². The molecule has 2 heterocycles. The van der Waals surface area contributed by atoms with Crippen molar-refractivity contribution in [3.05, 3.63) is 64.9 Å². The molecular formula is C26H29N3O4. The maximum Gasteiger partial charge on any atom is 0.313 e.